The lowest BCUT2D eigenvalue weighted by atomic mass is 9.85. The van der Waals surface area contributed by atoms with Crippen molar-refractivity contribution in [1.29, 1.82) is 0 Å². The molecule has 1 saturated carbocycles. The van der Waals surface area contributed by atoms with Gasteiger partial charge in [-0.1, -0.05) is 12.2 Å². The first-order chi connectivity index (χ1) is 6.20. The van der Waals surface area contributed by atoms with E-state index in [-0.39, 0.29) is 23.7 Å². The van der Waals surface area contributed by atoms with Crippen molar-refractivity contribution in [2.75, 3.05) is 0 Å². The summed E-state index contributed by atoms with van der Waals surface area (Å²) in [7, 11) is 0. The number of allylic oxidation sites excluding steroid dienone is 2. The van der Waals surface area contributed by atoms with Gasteiger partial charge >= 0.3 is 0 Å². The van der Waals surface area contributed by atoms with E-state index in [4.69, 9.17) is 5.21 Å². The highest BCUT2D eigenvalue weighted by Crippen LogP contribution is 2.51. The first-order valence-electron chi connectivity index (χ1n) is 4.45. The normalized spacial score (nSPS) is 46.4. The monoisotopic (exact) mass is 179 g/mol. The lowest BCUT2D eigenvalue weighted by Crippen LogP contribution is -2.29. The fourth-order valence-corrected chi connectivity index (χ4v) is 2.89. The summed E-state index contributed by atoms with van der Waals surface area (Å²) in [6.07, 6.45) is 4.90. The lowest BCUT2D eigenvalue weighted by molar-refractivity contribution is -0.173. The summed E-state index contributed by atoms with van der Waals surface area (Å²) < 4.78 is 0. The summed E-state index contributed by atoms with van der Waals surface area (Å²) in [6.45, 7) is 0. The molecule has 2 fully saturated rings. The first kappa shape index (κ1) is 7.26. The van der Waals surface area contributed by atoms with E-state index in [1.165, 1.54) is 0 Å². The molecule has 4 heteroatoms. The summed E-state index contributed by atoms with van der Waals surface area (Å²) in [5.74, 6) is -0.995. The average molecular weight is 179 g/mol. The van der Waals surface area contributed by atoms with Crippen LogP contribution in [0.15, 0.2) is 12.2 Å². The number of hydroxylamine groups is 2. The van der Waals surface area contributed by atoms with Crippen molar-refractivity contribution in [3.05, 3.63) is 12.2 Å². The fourth-order valence-electron chi connectivity index (χ4n) is 2.89. The maximum absolute atomic E-state index is 11.4. The molecule has 2 bridgehead atoms. The van der Waals surface area contributed by atoms with Gasteiger partial charge in [0.1, 0.15) is 0 Å². The maximum atomic E-state index is 11.4. The maximum Gasteiger partial charge on any atom is 0.257 e. The molecule has 68 valence electrons. The van der Waals surface area contributed by atoms with Crippen LogP contribution < -0.4 is 0 Å². The second-order valence-electron chi connectivity index (χ2n) is 3.99. The van der Waals surface area contributed by atoms with Gasteiger partial charge in [-0.3, -0.25) is 14.8 Å². The minimum Gasteiger partial charge on any atom is -0.278 e. The Morgan fingerprint density at radius 2 is 1.62 bits per heavy atom. The zero-order valence-corrected chi connectivity index (χ0v) is 6.88. The Balaban J connectivity index is 2.08. The van der Waals surface area contributed by atoms with E-state index in [2.05, 4.69) is 0 Å². The van der Waals surface area contributed by atoms with Crippen LogP contribution in [0.3, 0.4) is 0 Å². The highest BCUT2D eigenvalue weighted by molar-refractivity contribution is 6.05. The van der Waals surface area contributed by atoms with E-state index in [0.717, 1.165) is 6.42 Å². The molecule has 2 aliphatic carbocycles. The third kappa shape index (κ3) is 0.659. The minimum atomic E-state index is -0.410. The second-order valence-corrected chi connectivity index (χ2v) is 3.99. The Bertz CT molecular complexity index is 306. The molecule has 0 spiro atoms. The van der Waals surface area contributed by atoms with Crippen LogP contribution in [-0.4, -0.2) is 22.1 Å². The lowest BCUT2D eigenvalue weighted by Gasteiger charge is -2.13. The number of amides is 2. The van der Waals surface area contributed by atoms with Gasteiger partial charge in [-0.05, 0) is 18.3 Å². The molecule has 0 aromatic carbocycles. The van der Waals surface area contributed by atoms with Crippen LogP contribution in [0.25, 0.3) is 0 Å². The van der Waals surface area contributed by atoms with Crippen LogP contribution >= 0.6 is 0 Å². The van der Waals surface area contributed by atoms with Crippen molar-refractivity contribution >= 4 is 11.8 Å². The molecular weight excluding hydrogens is 170 g/mol. The number of carbonyl (C=O) groups is 2. The minimum absolute atomic E-state index is 0.184. The topological polar surface area (TPSA) is 57.6 Å². The van der Waals surface area contributed by atoms with Crippen molar-refractivity contribution < 1.29 is 14.8 Å². The highest BCUT2D eigenvalue weighted by Gasteiger charge is 2.59. The Labute approximate surface area is 74.8 Å². The quantitative estimate of drug-likeness (QED) is 0.328. The largest absolute Gasteiger partial charge is 0.278 e. The molecule has 1 heterocycles. The SMILES string of the molecule is O=C1[C@H]2[C@H](C(=O)N1O)[C@@H]1C=C[C@@H]2C1. The average Bonchev–Trinajstić information content (AvgIpc) is 2.76. The van der Waals surface area contributed by atoms with Gasteiger partial charge in [0.2, 0.25) is 0 Å². The summed E-state index contributed by atoms with van der Waals surface area (Å²) >= 11 is 0. The molecule has 13 heavy (non-hydrogen) atoms. The fraction of sp³-hybridized carbons (Fsp3) is 0.556. The number of hydrogen-bond donors (Lipinski definition) is 1. The number of nitrogens with zero attached hydrogens (tertiary/aromatic N) is 1. The zero-order chi connectivity index (χ0) is 9.16. The van der Waals surface area contributed by atoms with Gasteiger partial charge in [-0.2, -0.15) is 5.06 Å². The summed E-state index contributed by atoms with van der Waals surface area (Å²) in [5, 5.41) is 9.45. The predicted molar refractivity (Wildman–Crippen MR) is 41.4 cm³/mol. The molecule has 1 N–H and O–H groups in total. The zero-order valence-electron chi connectivity index (χ0n) is 6.88. The Morgan fingerprint density at radius 1 is 1.15 bits per heavy atom. The van der Waals surface area contributed by atoms with Gasteiger partial charge in [-0.15, -0.1) is 0 Å². The predicted octanol–water partition coefficient (Wildman–Crippen LogP) is 0.183. The molecule has 2 amide bonds. The Hall–Kier alpha value is -1.16. The molecule has 1 aliphatic heterocycles. The summed E-state index contributed by atoms with van der Waals surface area (Å²) in [5.41, 5.74) is 0. The van der Waals surface area contributed by atoms with Crippen LogP contribution in [0, 0.1) is 23.7 Å². The van der Waals surface area contributed by atoms with Crippen molar-refractivity contribution in [1.82, 2.24) is 5.06 Å². The van der Waals surface area contributed by atoms with E-state index in [0.29, 0.717) is 5.06 Å². The molecule has 1 saturated heterocycles. The standard InChI is InChI=1S/C9H9NO3/c11-8-6-4-1-2-5(3-4)7(6)9(12)10(8)13/h1-2,4-7,13H,3H2/t4-,5-,6-,7-/m1/s1. The van der Waals surface area contributed by atoms with E-state index in [1.807, 2.05) is 12.2 Å². The van der Waals surface area contributed by atoms with Gasteiger partial charge in [-0.25, -0.2) is 0 Å². The number of carbonyl (C=O) groups excluding carboxylic acids is 2. The van der Waals surface area contributed by atoms with Crippen molar-refractivity contribution in [3.63, 3.8) is 0 Å². The third-order valence-electron chi connectivity index (χ3n) is 3.45. The van der Waals surface area contributed by atoms with E-state index < -0.39 is 11.8 Å². The van der Waals surface area contributed by atoms with Gasteiger partial charge in [0.25, 0.3) is 11.8 Å². The first-order valence-corrected chi connectivity index (χ1v) is 4.45. The molecular formula is C9H9NO3. The van der Waals surface area contributed by atoms with Gasteiger partial charge in [0.05, 0.1) is 11.8 Å². The summed E-state index contributed by atoms with van der Waals surface area (Å²) in [6, 6.07) is 0. The molecule has 4 atom stereocenters. The molecule has 3 aliphatic rings. The van der Waals surface area contributed by atoms with Crippen LogP contribution in [0.1, 0.15) is 6.42 Å². The molecule has 0 aromatic rings. The van der Waals surface area contributed by atoms with Gasteiger partial charge < -0.3 is 0 Å². The van der Waals surface area contributed by atoms with Crippen molar-refractivity contribution in [2.45, 2.75) is 6.42 Å². The van der Waals surface area contributed by atoms with Crippen LogP contribution in [0.2, 0.25) is 0 Å². The van der Waals surface area contributed by atoms with E-state index in [9.17, 15) is 9.59 Å². The third-order valence-corrected chi connectivity index (χ3v) is 3.45. The van der Waals surface area contributed by atoms with Crippen molar-refractivity contribution in [3.8, 4) is 0 Å². The van der Waals surface area contributed by atoms with Crippen LogP contribution in [0.4, 0.5) is 0 Å². The Morgan fingerprint density at radius 3 is 2.08 bits per heavy atom. The van der Waals surface area contributed by atoms with Gasteiger partial charge in [0.15, 0.2) is 0 Å². The van der Waals surface area contributed by atoms with Crippen LogP contribution in [-0.2, 0) is 9.59 Å². The number of hydrogen-bond acceptors (Lipinski definition) is 3. The molecule has 0 aromatic heterocycles. The van der Waals surface area contributed by atoms with Crippen molar-refractivity contribution in [2.24, 2.45) is 23.7 Å². The molecule has 0 radical (unpaired) electrons. The summed E-state index contributed by atoms with van der Waals surface area (Å²) in [4.78, 5) is 22.8. The van der Waals surface area contributed by atoms with Gasteiger partial charge in [0, 0.05) is 0 Å². The number of rotatable bonds is 0. The van der Waals surface area contributed by atoms with E-state index in [1.54, 1.807) is 0 Å². The number of imide groups is 1. The molecule has 3 rings (SSSR count). The molecule has 4 nitrogen and oxygen atoms in total. The highest BCUT2D eigenvalue weighted by atomic mass is 16.5. The Kier molecular flexibility index (Phi) is 1.12. The number of fused-ring (bicyclic) bond motifs is 5. The van der Waals surface area contributed by atoms with E-state index >= 15 is 0 Å². The smallest absolute Gasteiger partial charge is 0.257 e. The molecule has 0 unspecified atom stereocenters. The second kappa shape index (κ2) is 2.01. The van der Waals surface area contributed by atoms with Crippen LogP contribution in [0.5, 0.6) is 0 Å².